The van der Waals surface area contributed by atoms with Gasteiger partial charge in [-0.1, -0.05) is 59.6 Å². The topological polar surface area (TPSA) is 82.9 Å². The van der Waals surface area contributed by atoms with Gasteiger partial charge in [-0.2, -0.15) is 13.2 Å². The number of halogens is 5. The molecule has 0 radical (unpaired) electrons. The summed E-state index contributed by atoms with van der Waals surface area (Å²) < 4.78 is 49.0. The number of nitrogens with one attached hydrogen (secondary N) is 1. The number of aromatic nitrogens is 2. The number of hydrogen-bond donors (Lipinski definition) is 1. The number of aromatic amines is 1. The average molecular weight is 723 g/mol. The zero-order chi connectivity index (χ0) is 35.2. The lowest BCUT2D eigenvalue weighted by molar-refractivity contribution is -0.137. The molecule has 1 saturated heterocycles. The first kappa shape index (κ1) is 33.7. The molecule has 8 nitrogen and oxygen atoms in total. The molecule has 0 spiro atoms. The molecule has 2 atom stereocenters. The van der Waals surface area contributed by atoms with Gasteiger partial charge < -0.3 is 14.6 Å². The number of fused-ring (bicyclic) bond motifs is 1. The van der Waals surface area contributed by atoms with E-state index in [1.165, 1.54) is 6.07 Å². The minimum atomic E-state index is -4.61. The highest BCUT2D eigenvalue weighted by Gasteiger charge is 2.45. The third-order valence-electron chi connectivity index (χ3n) is 9.27. The van der Waals surface area contributed by atoms with Gasteiger partial charge in [-0.3, -0.25) is 14.5 Å². The Morgan fingerprint density at radius 3 is 2.20 bits per heavy atom. The van der Waals surface area contributed by atoms with Crippen molar-refractivity contribution in [1.82, 2.24) is 19.4 Å². The van der Waals surface area contributed by atoms with Gasteiger partial charge in [0.1, 0.15) is 17.6 Å². The summed E-state index contributed by atoms with van der Waals surface area (Å²) in [6.45, 7) is 2.45. The summed E-state index contributed by atoms with van der Waals surface area (Å²) in [6.07, 6.45) is -3.57. The molecule has 3 heterocycles. The smallest absolute Gasteiger partial charge is 0.416 e. The molecule has 13 heteroatoms. The fraction of sp³-hybridized carbons (Fsp3) is 0.270. The number of amides is 2. The average Bonchev–Trinajstić information content (AvgIpc) is 3.66. The summed E-state index contributed by atoms with van der Waals surface area (Å²) in [7, 11) is 0. The molecule has 2 amide bonds. The van der Waals surface area contributed by atoms with Crippen molar-refractivity contribution in [2.24, 2.45) is 4.99 Å². The van der Waals surface area contributed by atoms with Crippen LogP contribution in [0.4, 0.5) is 18.0 Å². The number of piperidine rings is 1. The Kier molecular flexibility index (Phi) is 9.13. The number of alkyl halides is 3. The van der Waals surface area contributed by atoms with Gasteiger partial charge in [-0.15, -0.1) is 0 Å². The van der Waals surface area contributed by atoms with E-state index in [1.807, 2.05) is 48.5 Å². The summed E-state index contributed by atoms with van der Waals surface area (Å²) in [4.78, 5) is 39.1. The molecule has 7 rings (SSSR count). The first-order valence-electron chi connectivity index (χ1n) is 16.2. The van der Waals surface area contributed by atoms with Crippen LogP contribution in [0.5, 0.6) is 5.75 Å². The summed E-state index contributed by atoms with van der Waals surface area (Å²) in [5, 5.41) is 1.02. The fourth-order valence-corrected chi connectivity index (χ4v) is 7.17. The first-order chi connectivity index (χ1) is 24.0. The van der Waals surface area contributed by atoms with E-state index in [4.69, 9.17) is 32.9 Å². The maximum absolute atomic E-state index is 14.9. The Hall–Kier alpha value is -4.74. The molecule has 0 aliphatic carbocycles. The third-order valence-corrected chi connectivity index (χ3v) is 9.77. The van der Waals surface area contributed by atoms with Crippen LogP contribution in [0.3, 0.4) is 0 Å². The molecule has 0 unspecified atom stereocenters. The number of para-hydroxylation sites is 2. The first-order valence-corrected chi connectivity index (χ1v) is 17.0. The van der Waals surface area contributed by atoms with E-state index in [2.05, 4.69) is 4.98 Å². The minimum absolute atomic E-state index is 0.0390. The van der Waals surface area contributed by atoms with Gasteiger partial charge in [0, 0.05) is 29.2 Å². The second-order valence-corrected chi connectivity index (χ2v) is 13.1. The summed E-state index contributed by atoms with van der Waals surface area (Å²) in [6, 6.07) is 23.1. The number of amidine groups is 1. The van der Waals surface area contributed by atoms with Crippen molar-refractivity contribution in [2.75, 3.05) is 19.7 Å². The van der Waals surface area contributed by atoms with Crippen LogP contribution in [0.25, 0.3) is 11.0 Å². The van der Waals surface area contributed by atoms with E-state index in [0.29, 0.717) is 36.0 Å². The highest BCUT2D eigenvalue weighted by molar-refractivity contribution is 6.30. The number of carbonyl (C=O) groups is 1. The quantitative estimate of drug-likeness (QED) is 0.190. The normalized spacial score (nSPS) is 18.5. The summed E-state index contributed by atoms with van der Waals surface area (Å²) in [5.74, 6) is 0.143. The van der Waals surface area contributed by atoms with Gasteiger partial charge >= 0.3 is 17.9 Å². The van der Waals surface area contributed by atoms with Crippen molar-refractivity contribution >= 4 is 46.1 Å². The molecule has 1 N–H and O–H groups in total. The molecule has 1 aromatic heterocycles. The van der Waals surface area contributed by atoms with E-state index >= 15 is 0 Å². The molecular weight excluding hydrogens is 690 g/mol. The van der Waals surface area contributed by atoms with Crippen LogP contribution in [-0.4, -0.2) is 50.9 Å². The monoisotopic (exact) mass is 721 g/mol. The predicted molar refractivity (Wildman–Crippen MR) is 187 cm³/mol. The van der Waals surface area contributed by atoms with Crippen LogP contribution >= 0.6 is 23.2 Å². The minimum Gasteiger partial charge on any atom is -0.493 e. The number of benzene rings is 4. The Morgan fingerprint density at radius 2 is 1.56 bits per heavy atom. The highest BCUT2D eigenvalue weighted by Crippen LogP contribution is 2.46. The summed E-state index contributed by atoms with van der Waals surface area (Å²) >= 11 is 12.5. The molecule has 50 heavy (non-hydrogen) atoms. The van der Waals surface area contributed by atoms with Gasteiger partial charge in [0.25, 0.3) is 0 Å². The van der Waals surface area contributed by atoms with Gasteiger partial charge in [-0.25, -0.2) is 9.59 Å². The third kappa shape index (κ3) is 6.35. The molecule has 0 bridgehead atoms. The van der Waals surface area contributed by atoms with E-state index in [1.54, 1.807) is 45.6 Å². The van der Waals surface area contributed by atoms with Gasteiger partial charge in [0.2, 0.25) is 0 Å². The number of ether oxygens (including phenoxy) is 1. The van der Waals surface area contributed by atoms with Crippen LogP contribution in [0.15, 0.2) is 101 Å². The largest absolute Gasteiger partial charge is 0.493 e. The maximum Gasteiger partial charge on any atom is 0.416 e. The van der Waals surface area contributed by atoms with Crippen molar-refractivity contribution in [1.29, 1.82) is 0 Å². The van der Waals surface area contributed by atoms with Crippen molar-refractivity contribution in [3.8, 4) is 5.75 Å². The van der Waals surface area contributed by atoms with Crippen molar-refractivity contribution in [2.45, 2.75) is 44.1 Å². The molecular formula is C37H32Cl2F3N5O3. The molecule has 4 aromatic carbocycles. The number of imidazole rings is 1. The highest BCUT2D eigenvalue weighted by atomic mass is 35.5. The SMILES string of the molecule is CCOc1cc(C(F)(F)F)ccc1C1=N[C@@H](c2ccc(Cl)cc2)[C@H](c2ccc(Cl)cc2)N1C(=O)N1CCC(n2c(=O)[nH]c3ccccc32)CC1. The van der Waals surface area contributed by atoms with Crippen LogP contribution in [-0.2, 0) is 6.18 Å². The standard InChI is InChI=1S/C37H32Cl2F3N5O3/c1-2-50-31-21-24(37(40,41)42)11-16-28(31)34-44-32(22-7-12-25(38)13-8-22)33(23-9-14-26(39)15-10-23)47(34)36(49)45-19-17-27(18-20-45)46-30-6-4-3-5-29(30)43-35(46)48/h3-16,21,27,32-33H,2,17-20H2,1H3,(H,43,48)/t32-,33-/m0/s1. The second-order valence-electron chi connectivity index (χ2n) is 12.3. The molecule has 2 aliphatic rings. The van der Waals surface area contributed by atoms with Crippen LogP contribution in [0, 0.1) is 0 Å². The number of aliphatic imine (C=N–C) groups is 1. The number of carbonyl (C=O) groups excluding carboxylic acids is 1. The zero-order valence-electron chi connectivity index (χ0n) is 26.8. The molecule has 1 fully saturated rings. The lowest BCUT2D eigenvalue weighted by Crippen LogP contribution is -2.49. The van der Waals surface area contributed by atoms with Crippen molar-refractivity contribution < 1.29 is 22.7 Å². The zero-order valence-corrected chi connectivity index (χ0v) is 28.3. The van der Waals surface area contributed by atoms with Gasteiger partial charge in [0.05, 0.1) is 34.8 Å². The number of likely N-dealkylation sites (tertiary alicyclic amines) is 1. The van der Waals surface area contributed by atoms with E-state index in [-0.39, 0.29) is 41.5 Å². The number of H-pyrrole nitrogens is 1. The van der Waals surface area contributed by atoms with Crippen molar-refractivity contribution in [3.05, 3.63) is 134 Å². The number of rotatable bonds is 6. The van der Waals surface area contributed by atoms with Gasteiger partial charge in [-0.05, 0) is 85.5 Å². The maximum atomic E-state index is 14.9. The summed E-state index contributed by atoms with van der Waals surface area (Å²) in [5.41, 5.74) is 2.20. The number of nitrogens with zero attached hydrogens (tertiary/aromatic N) is 4. The Bertz CT molecular complexity index is 2120. The van der Waals surface area contributed by atoms with Crippen LogP contribution in [0.1, 0.15) is 60.1 Å². The van der Waals surface area contributed by atoms with Crippen LogP contribution in [0.2, 0.25) is 10.0 Å². The van der Waals surface area contributed by atoms with E-state index in [9.17, 15) is 22.8 Å². The van der Waals surface area contributed by atoms with Crippen molar-refractivity contribution in [3.63, 3.8) is 0 Å². The molecule has 2 aliphatic heterocycles. The predicted octanol–water partition coefficient (Wildman–Crippen LogP) is 9.06. The van der Waals surface area contributed by atoms with E-state index in [0.717, 1.165) is 34.3 Å². The Balaban J connectivity index is 1.31. The Morgan fingerprint density at radius 1 is 0.920 bits per heavy atom. The lowest BCUT2D eigenvalue weighted by Gasteiger charge is -2.38. The van der Waals surface area contributed by atoms with Gasteiger partial charge in [0.15, 0.2) is 0 Å². The second kappa shape index (κ2) is 13.5. The fourth-order valence-electron chi connectivity index (χ4n) is 6.92. The molecule has 0 saturated carbocycles. The molecule has 258 valence electrons. The van der Waals surface area contributed by atoms with E-state index < -0.39 is 23.8 Å². The number of urea groups is 1. The lowest BCUT2D eigenvalue weighted by atomic mass is 9.93. The van der Waals surface area contributed by atoms with Crippen LogP contribution < -0.4 is 10.4 Å². The number of hydrogen-bond acceptors (Lipinski definition) is 4. The molecule has 5 aromatic rings. The Labute approximate surface area is 295 Å².